The monoisotopic (exact) mass is 582 g/mol. The van der Waals surface area contributed by atoms with Gasteiger partial charge in [-0.05, 0) is 45.4 Å². The van der Waals surface area contributed by atoms with Crippen molar-refractivity contribution in [1.82, 2.24) is 19.6 Å². The lowest BCUT2D eigenvalue weighted by atomic mass is 9.94. The molecule has 2 aromatic carbocycles. The predicted octanol–water partition coefficient (Wildman–Crippen LogP) is 5.28. The number of benzene rings is 2. The van der Waals surface area contributed by atoms with E-state index in [1.165, 1.54) is 6.92 Å². The number of amides is 1. The first kappa shape index (κ1) is 30.5. The lowest BCUT2D eigenvalue weighted by Gasteiger charge is -2.35. The Balaban J connectivity index is 1.84. The van der Waals surface area contributed by atoms with Crippen LogP contribution in [0.2, 0.25) is 0 Å². The molecule has 11 nitrogen and oxygen atoms in total. The molecule has 5 N–H and O–H groups in total. The summed E-state index contributed by atoms with van der Waals surface area (Å²) in [6, 6.07) is 15.4. The molecule has 220 valence electrons. The van der Waals surface area contributed by atoms with Gasteiger partial charge in [-0.15, -0.1) is 0 Å². The van der Waals surface area contributed by atoms with E-state index in [-0.39, 0.29) is 13.2 Å². The summed E-state index contributed by atoms with van der Waals surface area (Å²) in [5.41, 5.74) is 13.2. The van der Waals surface area contributed by atoms with Gasteiger partial charge in [0.1, 0.15) is 23.7 Å². The number of ether oxygens (including phenoxy) is 1. The van der Waals surface area contributed by atoms with E-state index >= 15 is 0 Å². The van der Waals surface area contributed by atoms with Crippen molar-refractivity contribution in [3.8, 4) is 5.75 Å². The van der Waals surface area contributed by atoms with Crippen LogP contribution < -0.4 is 21.1 Å². The third-order valence-electron chi connectivity index (χ3n) is 6.93. The topological polar surface area (TPSA) is 157 Å². The second-order valence-electron chi connectivity index (χ2n) is 10.2. The van der Waals surface area contributed by atoms with E-state index in [9.17, 15) is 9.36 Å². The van der Waals surface area contributed by atoms with Crippen LogP contribution in [0.5, 0.6) is 5.75 Å². The van der Waals surface area contributed by atoms with Crippen molar-refractivity contribution >= 4 is 41.4 Å². The van der Waals surface area contributed by atoms with Crippen LogP contribution in [-0.4, -0.2) is 39.7 Å². The number of carbonyl (C=O) groups is 1. The van der Waals surface area contributed by atoms with Gasteiger partial charge < -0.3 is 25.3 Å². The highest BCUT2D eigenvalue weighted by molar-refractivity contribution is 7.52. The Bertz CT molecular complexity index is 1550. The number of anilines is 1. The largest absolute Gasteiger partial charge is 0.459 e. The van der Waals surface area contributed by atoms with Gasteiger partial charge in [0.2, 0.25) is 5.91 Å². The van der Waals surface area contributed by atoms with E-state index in [1.807, 2.05) is 44.2 Å². The number of aromatic nitrogens is 3. The molecule has 0 bridgehead atoms. The minimum atomic E-state index is -4.09. The maximum Gasteiger partial charge on any atom is 0.459 e. The molecule has 41 heavy (non-hydrogen) atoms. The maximum absolute atomic E-state index is 14.1. The molecule has 0 radical (unpaired) electrons. The van der Waals surface area contributed by atoms with Gasteiger partial charge in [0, 0.05) is 12.0 Å². The molecule has 1 amide bonds. The van der Waals surface area contributed by atoms with Crippen LogP contribution >= 0.6 is 7.75 Å². The summed E-state index contributed by atoms with van der Waals surface area (Å²) in [6.45, 7) is 8.23. The molecule has 0 fully saturated rings. The zero-order chi connectivity index (χ0) is 29.6. The highest BCUT2D eigenvalue weighted by Gasteiger charge is 2.38. The predicted molar refractivity (Wildman–Crippen MR) is 160 cm³/mol. The van der Waals surface area contributed by atoms with Crippen molar-refractivity contribution in [2.45, 2.75) is 65.1 Å². The van der Waals surface area contributed by atoms with Crippen molar-refractivity contribution < 1.29 is 23.1 Å². The molecule has 12 heteroatoms. The highest BCUT2D eigenvalue weighted by Crippen LogP contribution is 2.47. The molecule has 0 saturated carbocycles. The van der Waals surface area contributed by atoms with E-state index in [2.05, 4.69) is 21.6 Å². The first-order valence-corrected chi connectivity index (χ1v) is 15.3. The van der Waals surface area contributed by atoms with Gasteiger partial charge in [-0.1, -0.05) is 56.2 Å². The SMILES string of the molecule is CCCC[C@](C)(CO[P@](=O)(N[C@@H](C)C(N)=O)Oc1ccccc1)n1c(COCC)nc2c(N)nc3ccccc3c21. The summed E-state index contributed by atoms with van der Waals surface area (Å²) in [5.74, 6) is 0.591. The molecule has 0 spiro atoms. The van der Waals surface area contributed by atoms with Gasteiger partial charge in [-0.3, -0.25) is 9.32 Å². The van der Waals surface area contributed by atoms with Gasteiger partial charge in [0.25, 0.3) is 0 Å². The first-order valence-electron chi connectivity index (χ1n) is 13.8. The Labute approximate surface area is 240 Å². The van der Waals surface area contributed by atoms with Gasteiger partial charge >= 0.3 is 7.75 Å². The first-order chi connectivity index (χ1) is 19.6. The molecule has 0 aliphatic rings. The van der Waals surface area contributed by atoms with E-state index in [4.69, 9.17) is 30.2 Å². The normalized spacial score (nSPS) is 15.4. The number of hydrogen-bond donors (Lipinski definition) is 3. The number of primary amides is 1. The van der Waals surface area contributed by atoms with Crippen LogP contribution in [0.1, 0.15) is 52.8 Å². The summed E-state index contributed by atoms with van der Waals surface area (Å²) in [6.07, 6.45) is 2.42. The van der Waals surface area contributed by atoms with Crippen LogP contribution in [0.25, 0.3) is 21.9 Å². The third-order valence-corrected chi connectivity index (χ3v) is 8.55. The van der Waals surface area contributed by atoms with Crippen molar-refractivity contribution in [3.05, 3.63) is 60.4 Å². The number of carbonyl (C=O) groups excluding carboxylic acids is 1. The van der Waals surface area contributed by atoms with Gasteiger partial charge in [-0.25, -0.2) is 14.5 Å². The number of para-hydroxylation sites is 2. The zero-order valence-electron chi connectivity index (χ0n) is 24.0. The maximum atomic E-state index is 14.1. The number of nitrogens with two attached hydrogens (primary N) is 2. The third kappa shape index (κ3) is 6.87. The van der Waals surface area contributed by atoms with Crippen LogP contribution in [0.15, 0.2) is 54.6 Å². The lowest BCUT2D eigenvalue weighted by Crippen LogP contribution is -2.41. The second-order valence-corrected chi connectivity index (χ2v) is 11.9. The average Bonchev–Trinajstić information content (AvgIpc) is 3.36. The standard InChI is InChI=1S/C29H39N6O5P/c1-5-7-17-29(4,19-39-41(37,34-20(3)28(31)36)40-21-13-9-8-10-14-21)35-24(18-38-6-2)33-25-26(35)22-15-11-12-16-23(22)32-27(25)30/h8-16,20H,5-7,17-19H2,1-4H3,(H2,30,32)(H2,31,36)(H,34,37)/t20-,29+,41+/m0/s1. The number of imidazole rings is 1. The number of nitrogen functional groups attached to an aromatic ring is 1. The van der Waals surface area contributed by atoms with Crippen LogP contribution in [-0.2, 0) is 30.8 Å². The number of unbranched alkanes of at least 4 members (excludes halogenated alkanes) is 1. The van der Waals surface area contributed by atoms with E-state index < -0.39 is 25.2 Å². The van der Waals surface area contributed by atoms with Crippen LogP contribution in [0.4, 0.5) is 5.82 Å². The van der Waals surface area contributed by atoms with Gasteiger partial charge in [0.15, 0.2) is 5.82 Å². The number of nitrogens with zero attached hydrogens (tertiary/aromatic N) is 3. The highest BCUT2D eigenvalue weighted by atomic mass is 31.2. The van der Waals surface area contributed by atoms with Gasteiger partial charge in [-0.2, -0.15) is 5.09 Å². The van der Waals surface area contributed by atoms with Crippen LogP contribution in [0, 0.1) is 0 Å². The summed E-state index contributed by atoms with van der Waals surface area (Å²) in [4.78, 5) is 21.3. The number of rotatable bonds is 15. The molecular weight excluding hydrogens is 543 g/mol. The molecule has 2 heterocycles. The van der Waals surface area contributed by atoms with Crippen molar-refractivity contribution in [2.24, 2.45) is 5.73 Å². The Morgan fingerprint density at radius 2 is 1.83 bits per heavy atom. The fourth-order valence-corrected chi connectivity index (χ4v) is 6.39. The van der Waals surface area contributed by atoms with Crippen molar-refractivity contribution in [1.29, 1.82) is 0 Å². The summed E-state index contributed by atoms with van der Waals surface area (Å²) >= 11 is 0. The Morgan fingerprint density at radius 3 is 2.51 bits per heavy atom. The molecule has 0 saturated heterocycles. The average molecular weight is 583 g/mol. The van der Waals surface area contributed by atoms with Crippen molar-refractivity contribution in [3.63, 3.8) is 0 Å². The second kappa shape index (κ2) is 13.0. The van der Waals surface area contributed by atoms with Crippen LogP contribution in [0.3, 0.4) is 0 Å². The quantitative estimate of drug-likeness (QED) is 0.159. The smallest absolute Gasteiger partial charge is 0.413 e. The fraction of sp³-hybridized carbons (Fsp3) is 0.414. The number of fused-ring (bicyclic) bond motifs is 3. The fourth-order valence-electron chi connectivity index (χ4n) is 4.76. The minimum absolute atomic E-state index is 0.0449. The minimum Gasteiger partial charge on any atom is -0.413 e. The zero-order valence-corrected chi connectivity index (χ0v) is 24.9. The molecule has 3 atom stereocenters. The molecule has 4 aromatic rings. The van der Waals surface area contributed by atoms with Crippen molar-refractivity contribution in [2.75, 3.05) is 18.9 Å². The molecule has 2 aromatic heterocycles. The molecule has 4 rings (SSSR count). The summed E-state index contributed by atoms with van der Waals surface area (Å²) in [7, 11) is -4.09. The summed E-state index contributed by atoms with van der Waals surface area (Å²) < 4.78 is 34.0. The van der Waals surface area contributed by atoms with Gasteiger partial charge in [0.05, 0.1) is 29.2 Å². The summed E-state index contributed by atoms with van der Waals surface area (Å²) in [5, 5.41) is 3.57. The van der Waals surface area contributed by atoms with E-state index in [0.29, 0.717) is 35.9 Å². The lowest BCUT2D eigenvalue weighted by molar-refractivity contribution is -0.119. The Morgan fingerprint density at radius 1 is 1.12 bits per heavy atom. The number of hydrogen-bond acceptors (Lipinski definition) is 8. The Hall–Kier alpha value is -3.50. The van der Waals surface area contributed by atoms with E-state index in [0.717, 1.165) is 29.3 Å². The molecule has 0 aliphatic carbocycles. The molecule has 0 aliphatic heterocycles. The molecule has 0 unspecified atom stereocenters. The number of pyridine rings is 1. The number of nitrogens with one attached hydrogen (secondary N) is 1. The molecular formula is C29H39N6O5P. The van der Waals surface area contributed by atoms with E-state index in [1.54, 1.807) is 24.3 Å². The Kier molecular flexibility index (Phi) is 9.65.